The number of nitrogens with two attached hydrogens (primary N) is 1. The van der Waals surface area contributed by atoms with Crippen LogP contribution >= 0.6 is 11.6 Å². The SMILES string of the molecule is COc1ccc(S(N)(=O)=O)cc1C(=O)O[C@@H](C)C(=O)Nc1cccnc1Cl. The molecule has 0 spiro atoms. The third-order valence-electron chi connectivity index (χ3n) is 3.39. The summed E-state index contributed by atoms with van der Waals surface area (Å²) in [5, 5.41) is 7.61. The van der Waals surface area contributed by atoms with E-state index in [-0.39, 0.29) is 27.0 Å². The fourth-order valence-electron chi connectivity index (χ4n) is 2.01. The van der Waals surface area contributed by atoms with Crippen molar-refractivity contribution in [3.8, 4) is 5.75 Å². The Balaban J connectivity index is 2.18. The third kappa shape index (κ3) is 5.16. The van der Waals surface area contributed by atoms with Crippen molar-refractivity contribution in [2.24, 2.45) is 5.14 Å². The number of carbonyl (C=O) groups is 2. The van der Waals surface area contributed by atoms with Crippen LogP contribution in [0.25, 0.3) is 0 Å². The molecule has 0 fully saturated rings. The van der Waals surface area contributed by atoms with Gasteiger partial charge >= 0.3 is 5.97 Å². The lowest BCUT2D eigenvalue weighted by molar-refractivity contribution is -0.123. The topological polar surface area (TPSA) is 138 Å². The molecule has 2 rings (SSSR count). The van der Waals surface area contributed by atoms with Gasteiger partial charge in [-0.3, -0.25) is 4.79 Å². The van der Waals surface area contributed by atoms with Crippen LogP contribution in [0.3, 0.4) is 0 Å². The molecule has 9 nitrogen and oxygen atoms in total. The first-order valence-electron chi connectivity index (χ1n) is 7.46. The molecule has 1 aromatic heterocycles. The van der Waals surface area contributed by atoms with E-state index >= 15 is 0 Å². The van der Waals surface area contributed by atoms with Gasteiger partial charge in [-0.05, 0) is 37.3 Å². The Hall–Kier alpha value is -2.69. The molecule has 3 N–H and O–H groups in total. The number of rotatable bonds is 6. The van der Waals surface area contributed by atoms with Crippen LogP contribution in [-0.2, 0) is 19.6 Å². The predicted octanol–water partition coefficient (Wildman–Crippen LogP) is 1.57. The van der Waals surface area contributed by atoms with Crippen molar-refractivity contribution in [1.82, 2.24) is 4.98 Å². The summed E-state index contributed by atoms with van der Waals surface area (Å²) < 4.78 is 33.1. The van der Waals surface area contributed by atoms with Gasteiger partial charge in [0, 0.05) is 6.20 Å². The van der Waals surface area contributed by atoms with E-state index in [1.807, 2.05) is 0 Å². The van der Waals surface area contributed by atoms with E-state index in [1.54, 1.807) is 6.07 Å². The maximum Gasteiger partial charge on any atom is 0.342 e. The van der Waals surface area contributed by atoms with E-state index < -0.39 is 28.0 Å². The van der Waals surface area contributed by atoms with Crippen LogP contribution in [0.15, 0.2) is 41.4 Å². The summed E-state index contributed by atoms with van der Waals surface area (Å²) in [6, 6.07) is 6.56. The number of aromatic nitrogens is 1. The maximum absolute atomic E-state index is 12.4. The van der Waals surface area contributed by atoms with Gasteiger partial charge in [-0.15, -0.1) is 0 Å². The van der Waals surface area contributed by atoms with Crippen molar-refractivity contribution in [2.75, 3.05) is 12.4 Å². The summed E-state index contributed by atoms with van der Waals surface area (Å²) >= 11 is 5.86. The minimum atomic E-state index is -4.04. The molecule has 0 bridgehead atoms. The smallest absolute Gasteiger partial charge is 0.342 e. The van der Waals surface area contributed by atoms with Gasteiger partial charge in [-0.25, -0.2) is 23.3 Å². The standard InChI is InChI=1S/C16H16ClN3O6S/c1-9(15(21)20-12-4-3-7-19-14(12)17)26-16(22)11-8-10(27(18,23)24)5-6-13(11)25-2/h3-9H,1-2H3,(H,20,21)(H2,18,23,24)/t9-/m0/s1. The second-order valence-electron chi connectivity index (χ2n) is 5.29. The second-order valence-corrected chi connectivity index (χ2v) is 7.21. The van der Waals surface area contributed by atoms with Crippen LogP contribution in [0.5, 0.6) is 5.75 Å². The number of hydrogen-bond donors (Lipinski definition) is 2. The van der Waals surface area contributed by atoms with Crippen molar-refractivity contribution in [1.29, 1.82) is 0 Å². The summed E-state index contributed by atoms with van der Waals surface area (Å²) in [5.74, 6) is -1.55. The molecule has 27 heavy (non-hydrogen) atoms. The van der Waals surface area contributed by atoms with Gasteiger partial charge < -0.3 is 14.8 Å². The lowest BCUT2D eigenvalue weighted by atomic mass is 10.2. The summed E-state index contributed by atoms with van der Waals surface area (Å²) in [6.45, 7) is 1.34. The molecule has 2 aromatic rings. The highest BCUT2D eigenvalue weighted by Crippen LogP contribution is 2.24. The van der Waals surface area contributed by atoms with Gasteiger partial charge in [0.1, 0.15) is 11.3 Å². The van der Waals surface area contributed by atoms with Crippen LogP contribution in [0, 0.1) is 0 Å². The molecule has 11 heteroatoms. The number of halogens is 1. The molecule has 144 valence electrons. The van der Waals surface area contributed by atoms with Gasteiger partial charge in [-0.2, -0.15) is 0 Å². The molecule has 1 aromatic carbocycles. The normalized spacial score (nSPS) is 12.1. The van der Waals surface area contributed by atoms with Gasteiger partial charge in [0.2, 0.25) is 10.0 Å². The van der Waals surface area contributed by atoms with Gasteiger partial charge in [0.05, 0.1) is 17.7 Å². The predicted molar refractivity (Wildman–Crippen MR) is 97.1 cm³/mol. The van der Waals surface area contributed by atoms with Gasteiger partial charge in [0.15, 0.2) is 11.3 Å². The van der Waals surface area contributed by atoms with Gasteiger partial charge in [0.25, 0.3) is 5.91 Å². The molecule has 0 saturated heterocycles. The molecular weight excluding hydrogens is 398 g/mol. The number of hydrogen-bond acceptors (Lipinski definition) is 7. The highest BCUT2D eigenvalue weighted by molar-refractivity contribution is 7.89. The van der Waals surface area contributed by atoms with Crippen LogP contribution in [-0.4, -0.2) is 38.5 Å². The molecule has 0 radical (unpaired) electrons. The number of sulfonamides is 1. The molecular formula is C16H16ClN3O6S. The number of amides is 1. The Labute approximate surface area is 160 Å². The average molecular weight is 414 g/mol. The minimum Gasteiger partial charge on any atom is -0.496 e. The van der Waals surface area contributed by atoms with Crippen LogP contribution in [0.4, 0.5) is 5.69 Å². The number of ether oxygens (including phenoxy) is 2. The average Bonchev–Trinajstić information content (AvgIpc) is 2.62. The Kier molecular flexibility index (Phi) is 6.37. The quantitative estimate of drug-likeness (QED) is 0.541. The Morgan fingerprint density at radius 3 is 2.59 bits per heavy atom. The molecule has 1 heterocycles. The zero-order chi connectivity index (χ0) is 20.2. The molecule has 0 aliphatic heterocycles. The van der Waals surface area contributed by atoms with Crippen molar-refractivity contribution in [3.63, 3.8) is 0 Å². The molecule has 0 unspecified atom stereocenters. The lowest BCUT2D eigenvalue weighted by Crippen LogP contribution is -2.30. The van der Waals surface area contributed by atoms with Crippen molar-refractivity contribution >= 4 is 39.2 Å². The second kappa shape index (κ2) is 8.33. The van der Waals surface area contributed by atoms with E-state index in [0.717, 1.165) is 6.07 Å². The lowest BCUT2D eigenvalue weighted by Gasteiger charge is -2.15. The van der Waals surface area contributed by atoms with E-state index in [2.05, 4.69) is 10.3 Å². The molecule has 0 saturated carbocycles. The van der Waals surface area contributed by atoms with Gasteiger partial charge in [-0.1, -0.05) is 11.6 Å². The molecule has 0 aliphatic carbocycles. The van der Waals surface area contributed by atoms with E-state index in [9.17, 15) is 18.0 Å². The van der Waals surface area contributed by atoms with Crippen LogP contribution in [0.1, 0.15) is 17.3 Å². The van der Waals surface area contributed by atoms with E-state index in [1.165, 1.54) is 38.4 Å². The number of benzene rings is 1. The largest absolute Gasteiger partial charge is 0.496 e. The monoisotopic (exact) mass is 413 g/mol. The number of pyridine rings is 1. The highest BCUT2D eigenvalue weighted by Gasteiger charge is 2.23. The van der Waals surface area contributed by atoms with Crippen molar-refractivity contribution in [2.45, 2.75) is 17.9 Å². The first kappa shape index (κ1) is 20.6. The Morgan fingerprint density at radius 2 is 2.00 bits per heavy atom. The zero-order valence-corrected chi connectivity index (χ0v) is 15.9. The third-order valence-corrected chi connectivity index (χ3v) is 4.60. The zero-order valence-electron chi connectivity index (χ0n) is 14.3. The van der Waals surface area contributed by atoms with Crippen LogP contribution in [0.2, 0.25) is 5.15 Å². The number of nitrogens with zero attached hydrogens (tertiary/aromatic N) is 1. The van der Waals surface area contributed by atoms with E-state index in [4.69, 9.17) is 26.2 Å². The molecule has 1 atom stereocenters. The Morgan fingerprint density at radius 1 is 1.30 bits per heavy atom. The minimum absolute atomic E-state index is 0.0651. The molecule has 1 amide bonds. The first-order chi connectivity index (χ1) is 12.6. The number of primary sulfonamides is 1. The number of esters is 1. The van der Waals surface area contributed by atoms with Crippen molar-refractivity contribution < 1.29 is 27.5 Å². The summed E-state index contributed by atoms with van der Waals surface area (Å²) in [7, 11) is -2.74. The highest BCUT2D eigenvalue weighted by atomic mass is 35.5. The first-order valence-corrected chi connectivity index (χ1v) is 9.39. The summed E-state index contributed by atoms with van der Waals surface area (Å²) in [6.07, 6.45) is 0.239. The summed E-state index contributed by atoms with van der Waals surface area (Å²) in [5.41, 5.74) is 0.0592. The van der Waals surface area contributed by atoms with E-state index in [0.29, 0.717) is 0 Å². The summed E-state index contributed by atoms with van der Waals surface area (Å²) in [4.78, 5) is 28.1. The van der Waals surface area contributed by atoms with Crippen molar-refractivity contribution in [3.05, 3.63) is 47.2 Å². The number of nitrogens with one attached hydrogen (secondary N) is 1. The Bertz CT molecular complexity index is 980. The molecule has 0 aliphatic rings. The fourth-order valence-corrected chi connectivity index (χ4v) is 2.72. The number of anilines is 1. The maximum atomic E-state index is 12.4. The number of carbonyl (C=O) groups excluding carboxylic acids is 2. The number of methoxy groups -OCH3 is 1. The van der Waals surface area contributed by atoms with Crippen LogP contribution < -0.4 is 15.2 Å². The fraction of sp³-hybridized carbons (Fsp3) is 0.188.